The van der Waals surface area contributed by atoms with Crippen LogP contribution in [-0.2, 0) is 4.89 Å². The van der Waals surface area contributed by atoms with Crippen molar-refractivity contribution >= 4 is 0 Å². The normalized spacial score (nSPS) is 17.1. The molecule has 1 atom stereocenters. The number of hydrogen-bond donors (Lipinski definition) is 1. The molecule has 0 saturated carbocycles. The van der Waals surface area contributed by atoms with Crippen LogP contribution in [0.3, 0.4) is 0 Å². The van der Waals surface area contributed by atoms with E-state index in [1.54, 1.807) is 0 Å². The third-order valence-electron chi connectivity index (χ3n) is 1.66. The summed E-state index contributed by atoms with van der Waals surface area (Å²) in [4.78, 5) is 4.39. The highest BCUT2D eigenvalue weighted by atomic mass is 17.1. The SMILES string of the molecule is CC/C=C/C(C)(CCC)OO. The molecule has 0 aliphatic carbocycles. The predicted molar refractivity (Wildman–Crippen MR) is 46.5 cm³/mol. The summed E-state index contributed by atoms with van der Waals surface area (Å²) in [6.07, 6.45) is 6.75. The minimum Gasteiger partial charge on any atom is -0.251 e. The maximum absolute atomic E-state index is 8.59. The molecule has 0 aliphatic rings. The molecule has 0 saturated heterocycles. The Morgan fingerprint density at radius 1 is 1.45 bits per heavy atom. The van der Waals surface area contributed by atoms with Gasteiger partial charge in [-0.2, -0.15) is 0 Å². The summed E-state index contributed by atoms with van der Waals surface area (Å²) in [6, 6.07) is 0. The highest BCUT2D eigenvalue weighted by Gasteiger charge is 2.19. The third-order valence-corrected chi connectivity index (χ3v) is 1.66. The van der Waals surface area contributed by atoms with E-state index < -0.39 is 5.60 Å². The molecule has 1 unspecified atom stereocenters. The molecular weight excluding hydrogens is 140 g/mol. The lowest BCUT2D eigenvalue weighted by molar-refractivity contribution is -0.304. The van der Waals surface area contributed by atoms with Gasteiger partial charge in [-0.3, -0.25) is 5.26 Å². The molecular formula is C9H18O2. The van der Waals surface area contributed by atoms with E-state index in [2.05, 4.69) is 18.7 Å². The Morgan fingerprint density at radius 2 is 2.09 bits per heavy atom. The van der Waals surface area contributed by atoms with Crippen LogP contribution in [0, 0.1) is 0 Å². The van der Waals surface area contributed by atoms with E-state index in [0.717, 1.165) is 19.3 Å². The summed E-state index contributed by atoms with van der Waals surface area (Å²) in [6.45, 7) is 6.00. The second-order valence-corrected chi connectivity index (χ2v) is 2.96. The van der Waals surface area contributed by atoms with Gasteiger partial charge >= 0.3 is 0 Å². The number of rotatable bonds is 5. The molecule has 11 heavy (non-hydrogen) atoms. The lowest BCUT2D eigenvalue weighted by Crippen LogP contribution is -2.23. The Morgan fingerprint density at radius 3 is 2.45 bits per heavy atom. The van der Waals surface area contributed by atoms with Gasteiger partial charge in [-0.15, -0.1) is 0 Å². The second-order valence-electron chi connectivity index (χ2n) is 2.96. The third kappa shape index (κ3) is 4.17. The summed E-state index contributed by atoms with van der Waals surface area (Å²) in [5, 5.41) is 8.59. The Kier molecular flexibility index (Phi) is 5.16. The summed E-state index contributed by atoms with van der Waals surface area (Å²) in [5.74, 6) is 0. The average Bonchev–Trinajstić information content (AvgIpc) is 2.02. The van der Waals surface area contributed by atoms with Crippen molar-refractivity contribution in [1.29, 1.82) is 0 Å². The zero-order valence-electron chi connectivity index (χ0n) is 7.63. The maximum atomic E-state index is 8.59. The fraction of sp³-hybridized carbons (Fsp3) is 0.778. The van der Waals surface area contributed by atoms with Gasteiger partial charge in [0.2, 0.25) is 0 Å². The summed E-state index contributed by atoms with van der Waals surface area (Å²) in [5.41, 5.74) is -0.481. The van der Waals surface area contributed by atoms with Crippen molar-refractivity contribution in [3.63, 3.8) is 0 Å². The lowest BCUT2D eigenvalue weighted by atomic mass is 10.00. The van der Waals surface area contributed by atoms with Gasteiger partial charge in [0.25, 0.3) is 0 Å². The van der Waals surface area contributed by atoms with Crippen molar-refractivity contribution < 1.29 is 10.1 Å². The second kappa shape index (κ2) is 5.33. The van der Waals surface area contributed by atoms with E-state index in [-0.39, 0.29) is 0 Å². The molecule has 0 aromatic carbocycles. The van der Waals surface area contributed by atoms with E-state index >= 15 is 0 Å². The van der Waals surface area contributed by atoms with Crippen molar-refractivity contribution in [1.82, 2.24) is 0 Å². The topological polar surface area (TPSA) is 29.5 Å². The fourth-order valence-electron chi connectivity index (χ4n) is 1.02. The van der Waals surface area contributed by atoms with Crippen LogP contribution in [0.15, 0.2) is 12.2 Å². The van der Waals surface area contributed by atoms with Crippen molar-refractivity contribution in [2.75, 3.05) is 0 Å². The van der Waals surface area contributed by atoms with Gasteiger partial charge in [0.15, 0.2) is 0 Å². The first kappa shape index (κ1) is 10.7. The molecule has 0 fully saturated rings. The van der Waals surface area contributed by atoms with Crippen LogP contribution in [0.1, 0.15) is 40.0 Å². The van der Waals surface area contributed by atoms with Crippen molar-refractivity contribution in [3.05, 3.63) is 12.2 Å². The standard InChI is InChI=1S/C9H18O2/c1-4-6-8-9(3,11-10)7-5-2/h6,8,10H,4-5,7H2,1-3H3/b8-6+. The molecule has 0 aromatic heterocycles. The summed E-state index contributed by atoms with van der Waals surface area (Å²) in [7, 11) is 0. The molecule has 0 spiro atoms. The molecule has 0 amide bonds. The van der Waals surface area contributed by atoms with Crippen LogP contribution in [0.5, 0.6) is 0 Å². The lowest BCUT2D eigenvalue weighted by Gasteiger charge is -2.20. The van der Waals surface area contributed by atoms with Gasteiger partial charge in [-0.25, -0.2) is 4.89 Å². The van der Waals surface area contributed by atoms with Gasteiger partial charge in [-0.05, 0) is 19.8 Å². The molecule has 0 heterocycles. The van der Waals surface area contributed by atoms with Crippen LogP contribution in [0.4, 0.5) is 0 Å². The van der Waals surface area contributed by atoms with Gasteiger partial charge in [0.1, 0.15) is 5.60 Å². The number of allylic oxidation sites excluding steroid dienone is 1. The molecule has 0 radical (unpaired) electrons. The Hall–Kier alpha value is -0.340. The quantitative estimate of drug-likeness (QED) is 0.378. The minimum atomic E-state index is -0.481. The summed E-state index contributed by atoms with van der Waals surface area (Å²) >= 11 is 0. The van der Waals surface area contributed by atoms with E-state index in [1.165, 1.54) is 0 Å². The van der Waals surface area contributed by atoms with Crippen LogP contribution in [-0.4, -0.2) is 10.9 Å². The summed E-state index contributed by atoms with van der Waals surface area (Å²) < 4.78 is 0. The number of hydrogen-bond acceptors (Lipinski definition) is 2. The Bertz CT molecular complexity index is 121. The van der Waals surface area contributed by atoms with E-state index in [0.29, 0.717) is 0 Å². The van der Waals surface area contributed by atoms with Gasteiger partial charge in [0.05, 0.1) is 0 Å². The molecule has 2 heteroatoms. The predicted octanol–water partition coefficient (Wildman–Crippen LogP) is 3.00. The fourth-order valence-corrected chi connectivity index (χ4v) is 1.02. The molecule has 1 N–H and O–H groups in total. The smallest absolute Gasteiger partial charge is 0.118 e. The maximum Gasteiger partial charge on any atom is 0.118 e. The Balaban J connectivity index is 3.97. The van der Waals surface area contributed by atoms with Crippen LogP contribution in [0.25, 0.3) is 0 Å². The van der Waals surface area contributed by atoms with E-state index in [4.69, 9.17) is 5.26 Å². The van der Waals surface area contributed by atoms with Crippen LogP contribution >= 0.6 is 0 Å². The molecule has 0 bridgehead atoms. The van der Waals surface area contributed by atoms with E-state index in [9.17, 15) is 0 Å². The van der Waals surface area contributed by atoms with Gasteiger partial charge in [0, 0.05) is 0 Å². The molecule has 66 valence electrons. The van der Waals surface area contributed by atoms with Crippen molar-refractivity contribution in [2.24, 2.45) is 0 Å². The molecule has 0 aromatic rings. The average molecular weight is 158 g/mol. The van der Waals surface area contributed by atoms with Gasteiger partial charge in [-0.1, -0.05) is 32.4 Å². The van der Waals surface area contributed by atoms with Crippen LogP contribution in [0.2, 0.25) is 0 Å². The first-order valence-corrected chi connectivity index (χ1v) is 4.18. The largest absolute Gasteiger partial charge is 0.251 e. The van der Waals surface area contributed by atoms with E-state index in [1.807, 2.05) is 19.1 Å². The highest BCUT2D eigenvalue weighted by Crippen LogP contribution is 2.17. The first-order valence-electron chi connectivity index (χ1n) is 4.18. The molecule has 0 rings (SSSR count). The van der Waals surface area contributed by atoms with Crippen molar-refractivity contribution in [3.8, 4) is 0 Å². The van der Waals surface area contributed by atoms with Crippen molar-refractivity contribution in [2.45, 2.75) is 45.6 Å². The Labute approximate surface area is 68.8 Å². The first-order chi connectivity index (χ1) is 5.18. The highest BCUT2D eigenvalue weighted by molar-refractivity contribution is 4.98. The molecule has 2 nitrogen and oxygen atoms in total. The van der Waals surface area contributed by atoms with Gasteiger partial charge < -0.3 is 0 Å². The zero-order chi connectivity index (χ0) is 8.74. The minimum absolute atomic E-state index is 0.481. The molecule has 0 aliphatic heterocycles. The van der Waals surface area contributed by atoms with Crippen LogP contribution < -0.4 is 0 Å². The monoisotopic (exact) mass is 158 g/mol. The zero-order valence-corrected chi connectivity index (χ0v) is 7.63.